The lowest BCUT2D eigenvalue weighted by Crippen LogP contribution is -2.55. The Bertz CT molecular complexity index is 1000. The molecule has 1 aliphatic rings. The highest BCUT2D eigenvalue weighted by molar-refractivity contribution is 9.10. The van der Waals surface area contributed by atoms with Gasteiger partial charge in [0, 0.05) is 27.4 Å². The first kappa shape index (κ1) is 22.9. The first-order chi connectivity index (χ1) is 14.6. The van der Waals surface area contributed by atoms with Crippen LogP contribution >= 0.6 is 15.9 Å². The normalized spacial score (nSPS) is 17.6. The number of ether oxygens (including phenoxy) is 1. The summed E-state index contributed by atoms with van der Waals surface area (Å²) < 4.78 is 33.0. The van der Waals surface area contributed by atoms with Gasteiger partial charge in [0.05, 0.1) is 19.7 Å². The summed E-state index contributed by atoms with van der Waals surface area (Å²) >= 11 is 3.39. The minimum absolute atomic E-state index is 0.0115. The molecule has 2 aromatic rings. The number of aliphatic hydroxyl groups excluding tert-OH is 1. The van der Waals surface area contributed by atoms with Crippen molar-refractivity contribution in [3.63, 3.8) is 0 Å². The van der Waals surface area contributed by atoms with E-state index in [9.17, 15) is 33.9 Å². The summed E-state index contributed by atoms with van der Waals surface area (Å²) in [5, 5.41) is 32.3. The summed E-state index contributed by atoms with van der Waals surface area (Å²) in [4.78, 5) is 23.8. The van der Waals surface area contributed by atoms with Crippen LogP contribution in [0.4, 0.5) is 13.6 Å². The van der Waals surface area contributed by atoms with Crippen LogP contribution in [0, 0.1) is 21.7 Å². The molecule has 2 aromatic carbocycles. The zero-order valence-electron chi connectivity index (χ0n) is 16.3. The lowest BCUT2D eigenvalue weighted by atomic mass is 9.87. The van der Waals surface area contributed by atoms with E-state index in [4.69, 9.17) is 4.74 Å². The number of fused-ring (bicyclic) bond motifs is 1. The van der Waals surface area contributed by atoms with Gasteiger partial charge in [-0.25, -0.2) is 13.6 Å². The van der Waals surface area contributed by atoms with Gasteiger partial charge in [0.15, 0.2) is 0 Å². The molecule has 8 nitrogen and oxygen atoms in total. The van der Waals surface area contributed by atoms with Gasteiger partial charge in [0.2, 0.25) is 6.04 Å². The summed E-state index contributed by atoms with van der Waals surface area (Å²) in [6.07, 6.45) is -3.58. The Morgan fingerprint density at radius 2 is 1.97 bits per heavy atom. The topological polar surface area (TPSA) is 113 Å². The average molecular weight is 501 g/mol. The Morgan fingerprint density at radius 1 is 1.32 bits per heavy atom. The van der Waals surface area contributed by atoms with Crippen molar-refractivity contribution in [3.05, 3.63) is 73.2 Å². The van der Waals surface area contributed by atoms with Gasteiger partial charge in [0.25, 0.3) is 0 Å². The van der Waals surface area contributed by atoms with E-state index in [-0.39, 0.29) is 18.5 Å². The summed E-state index contributed by atoms with van der Waals surface area (Å²) in [7, 11) is 1.44. The van der Waals surface area contributed by atoms with Crippen molar-refractivity contribution in [3.8, 4) is 5.75 Å². The maximum Gasteiger partial charge on any atom is 0.407 e. The Morgan fingerprint density at radius 3 is 2.52 bits per heavy atom. The fourth-order valence-electron chi connectivity index (χ4n) is 3.90. The zero-order valence-corrected chi connectivity index (χ0v) is 17.9. The van der Waals surface area contributed by atoms with Gasteiger partial charge < -0.3 is 14.9 Å². The van der Waals surface area contributed by atoms with E-state index in [1.807, 2.05) is 0 Å². The maximum absolute atomic E-state index is 13.5. The van der Waals surface area contributed by atoms with Gasteiger partial charge in [-0.1, -0.05) is 15.9 Å². The first-order valence-electron chi connectivity index (χ1n) is 9.22. The molecule has 0 aromatic heterocycles. The molecule has 3 atom stereocenters. The number of nitro groups is 1. The van der Waals surface area contributed by atoms with E-state index < -0.39 is 47.3 Å². The molecule has 0 saturated heterocycles. The number of nitrogens with zero attached hydrogens (tertiary/aromatic N) is 2. The smallest absolute Gasteiger partial charge is 0.407 e. The monoisotopic (exact) mass is 500 g/mol. The fourth-order valence-corrected chi connectivity index (χ4v) is 4.43. The van der Waals surface area contributed by atoms with Gasteiger partial charge in [-0.15, -0.1) is 0 Å². The maximum atomic E-state index is 13.5. The Balaban J connectivity index is 1.97. The molecule has 1 aliphatic heterocycles. The van der Waals surface area contributed by atoms with E-state index in [0.29, 0.717) is 27.4 Å². The van der Waals surface area contributed by atoms with Crippen LogP contribution in [0.1, 0.15) is 16.7 Å². The molecule has 0 bridgehead atoms. The number of amides is 1. The standard InChI is InChI=1S/C20H19BrF2N2O6/c1-31-18-3-2-15(21)13-8-16(24(20(27)28)9-14(13)18)19(26)17(25(29)30)6-10-4-11(22)7-12(23)5-10/h2-5,7,16-17,19,26H,6,8-9H2,1H3,(H,27,28)/t16-,17+,19-/m1/s1. The summed E-state index contributed by atoms with van der Waals surface area (Å²) in [6.45, 7) is -0.145. The third-order valence-electron chi connectivity index (χ3n) is 5.37. The van der Waals surface area contributed by atoms with E-state index in [1.54, 1.807) is 12.1 Å². The molecule has 0 aliphatic carbocycles. The van der Waals surface area contributed by atoms with Crippen LogP contribution in [0.3, 0.4) is 0 Å². The van der Waals surface area contributed by atoms with E-state index in [1.165, 1.54) is 7.11 Å². The Labute approximate surface area is 184 Å². The number of methoxy groups -OCH3 is 1. The van der Waals surface area contributed by atoms with Crippen LogP contribution in [-0.2, 0) is 19.4 Å². The molecule has 166 valence electrons. The van der Waals surface area contributed by atoms with Gasteiger partial charge in [-0.05, 0) is 41.8 Å². The lowest BCUT2D eigenvalue weighted by molar-refractivity contribution is -0.535. The van der Waals surface area contributed by atoms with Crippen molar-refractivity contribution in [2.45, 2.75) is 37.6 Å². The van der Waals surface area contributed by atoms with E-state index >= 15 is 0 Å². The minimum Gasteiger partial charge on any atom is -0.496 e. The number of carboxylic acid groups (broad SMARTS) is 1. The fraction of sp³-hybridized carbons (Fsp3) is 0.350. The van der Waals surface area contributed by atoms with Crippen molar-refractivity contribution in [2.75, 3.05) is 7.11 Å². The highest BCUT2D eigenvalue weighted by Gasteiger charge is 2.44. The summed E-state index contributed by atoms with van der Waals surface area (Å²) in [5.41, 5.74) is 1.24. The number of benzene rings is 2. The molecular formula is C20H19BrF2N2O6. The van der Waals surface area contributed by atoms with Crippen LogP contribution in [0.5, 0.6) is 5.75 Å². The van der Waals surface area contributed by atoms with Gasteiger partial charge in [0.1, 0.15) is 23.5 Å². The van der Waals surface area contributed by atoms with E-state index in [0.717, 1.165) is 17.0 Å². The van der Waals surface area contributed by atoms with Crippen molar-refractivity contribution < 1.29 is 33.4 Å². The minimum atomic E-state index is -1.73. The third-order valence-corrected chi connectivity index (χ3v) is 6.11. The number of carbonyl (C=O) groups is 1. The number of rotatable bonds is 6. The Kier molecular flexibility index (Phi) is 6.75. The molecule has 0 spiro atoms. The van der Waals surface area contributed by atoms with Crippen LogP contribution in [0.15, 0.2) is 34.8 Å². The molecule has 3 rings (SSSR count). The number of hydrogen-bond donors (Lipinski definition) is 2. The van der Waals surface area contributed by atoms with Crippen LogP contribution in [-0.4, -0.2) is 51.4 Å². The summed E-state index contributed by atoms with van der Waals surface area (Å²) in [6, 6.07) is 3.06. The number of hydrogen-bond acceptors (Lipinski definition) is 5. The second kappa shape index (κ2) is 9.15. The molecule has 0 fully saturated rings. The molecule has 31 heavy (non-hydrogen) atoms. The van der Waals surface area contributed by atoms with Crippen LogP contribution in [0.25, 0.3) is 0 Å². The molecule has 0 unspecified atom stereocenters. The predicted molar refractivity (Wildman–Crippen MR) is 109 cm³/mol. The van der Waals surface area contributed by atoms with Crippen molar-refractivity contribution >= 4 is 22.0 Å². The molecule has 0 saturated carbocycles. The van der Waals surface area contributed by atoms with E-state index in [2.05, 4.69) is 15.9 Å². The molecule has 2 N–H and O–H groups in total. The second-order valence-corrected chi connectivity index (χ2v) is 8.07. The van der Waals surface area contributed by atoms with Crippen molar-refractivity contribution in [1.82, 2.24) is 4.90 Å². The summed E-state index contributed by atoms with van der Waals surface area (Å²) in [5.74, 6) is -1.35. The van der Waals surface area contributed by atoms with Gasteiger partial charge in [-0.2, -0.15) is 0 Å². The van der Waals surface area contributed by atoms with Gasteiger partial charge >= 0.3 is 6.09 Å². The highest BCUT2D eigenvalue weighted by atomic mass is 79.9. The van der Waals surface area contributed by atoms with Crippen molar-refractivity contribution in [2.24, 2.45) is 0 Å². The first-order valence-corrected chi connectivity index (χ1v) is 10.0. The highest BCUT2D eigenvalue weighted by Crippen LogP contribution is 2.37. The lowest BCUT2D eigenvalue weighted by Gasteiger charge is -2.39. The molecule has 11 heteroatoms. The largest absolute Gasteiger partial charge is 0.496 e. The molecule has 0 radical (unpaired) electrons. The molecule has 1 amide bonds. The molecule has 1 heterocycles. The Hall–Kier alpha value is -2.79. The second-order valence-electron chi connectivity index (χ2n) is 7.21. The zero-order chi connectivity index (χ0) is 22.9. The van der Waals surface area contributed by atoms with Crippen molar-refractivity contribution in [1.29, 1.82) is 0 Å². The average Bonchev–Trinajstić information content (AvgIpc) is 2.70. The van der Waals surface area contributed by atoms with Gasteiger partial charge in [-0.3, -0.25) is 15.0 Å². The predicted octanol–water partition coefficient (Wildman–Crippen LogP) is 3.39. The van der Waals surface area contributed by atoms with Crippen LogP contribution in [0.2, 0.25) is 0 Å². The third kappa shape index (κ3) is 4.77. The number of halogens is 3. The quantitative estimate of drug-likeness (QED) is 0.464. The molecular weight excluding hydrogens is 482 g/mol. The number of aliphatic hydroxyl groups is 1. The van der Waals surface area contributed by atoms with Crippen LogP contribution < -0.4 is 4.74 Å². The SMILES string of the molecule is COc1ccc(Br)c2c1CN(C(=O)O)[C@@H]([C@@H](O)[C@H](Cc1cc(F)cc(F)c1)[N+](=O)[O-])C2.